The van der Waals surface area contributed by atoms with Crippen molar-refractivity contribution in [3.8, 4) is 11.8 Å². The maximum atomic E-state index is 8.67. The van der Waals surface area contributed by atoms with Crippen molar-refractivity contribution in [3.05, 3.63) is 36.5 Å². The summed E-state index contributed by atoms with van der Waals surface area (Å²) in [4.78, 5) is 4.23. The number of hydrogen-bond donors (Lipinski definition) is 0. The van der Waals surface area contributed by atoms with E-state index >= 15 is 0 Å². The number of benzene rings is 1. The summed E-state index contributed by atoms with van der Waals surface area (Å²) in [5, 5.41) is 9.69. The van der Waals surface area contributed by atoms with Crippen LogP contribution in [0.3, 0.4) is 0 Å². The van der Waals surface area contributed by atoms with Gasteiger partial charge >= 0.3 is 0 Å². The second-order valence-electron chi connectivity index (χ2n) is 3.22. The summed E-state index contributed by atoms with van der Waals surface area (Å²) in [6.45, 7) is 1.71. The molecule has 3 heteroatoms. The molecule has 1 unspecified atom stereocenters. The first-order valence-corrected chi connectivity index (χ1v) is 4.71. The molecule has 1 atom stereocenters. The summed E-state index contributed by atoms with van der Waals surface area (Å²) in [6.07, 6.45) is 1.25. The molecule has 0 saturated heterocycles. The maximum absolute atomic E-state index is 8.67. The predicted molar refractivity (Wildman–Crippen MR) is 57.4 cm³/mol. The zero-order valence-corrected chi connectivity index (χ0v) is 8.34. The van der Waals surface area contributed by atoms with Gasteiger partial charge in [-0.1, -0.05) is 18.2 Å². The van der Waals surface area contributed by atoms with Gasteiger partial charge in [0.2, 0.25) is 0 Å². The van der Waals surface area contributed by atoms with Crippen molar-refractivity contribution in [1.29, 1.82) is 5.26 Å². The third kappa shape index (κ3) is 1.89. The summed E-state index contributed by atoms with van der Waals surface area (Å²) in [5.41, 5.74) is 0.794. The van der Waals surface area contributed by atoms with Crippen molar-refractivity contribution < 1.29 is 4.74 Å². The minimum Gasteiger partial charge on any atom is -0.474 e. The Labute approximate surface area is 87.9 Å². The third-order valence-corrected chi connectivity index (χ3v) is 2.08. The first kappa shape index (κ1) is 9.47. The Kier molecular flexibility index (Phi) is 2.51. The van der Waals surface area contributed by atoms with Crippen LogP contribution < -0.4 is 4.74 Å². The van der Waals surface area contributed by atoms with Crippen molar-refractivity contribution in [1.82, 2.24) is 4.98 Å². The smallest absolute Gasteiger partial charge is 0.181 e. The highest BCUT2D eigenvalue weighted by atomic mass is 16.5. The number of para-hydroxylation sites is 1. The number of rotatable bonds is 2. The van der Waals surface area contributed by atoms with E-state index in [1.165, 1.54) is 0 Å². The normalized spacial score (nSPS) is 12.0. The van der Waals surface area contributed by atoms with E-state index in [0.717, 1.165) is 10.9 Å². The van der Waals surface area contributed by atoms with Crippen molar-refractivity contribution >= 4 is 10.9 Å². The monoisotopic (exact) mass is 198 g/mol. The molecule has 0 aliphatic rings. The van der Waals surface area contributed by atoms with Gasteiger partial charge in [0.15, 0.2) is 6.10 Å². The number of pyridine rings is 1. The average Bonchev–Trinajstić information content (AvgIpc) is 2.29. The van der Waals surface area contributed by atoms with E-state index in [1.807, 2.05) is 36.4 Å². The molecule has 0 bridgehead atoms. The van der Waals surface area contributed by atoms with Gasteiger partial charge in [0, 0.05) is 11.6 Å². The van der Waals surface area contributed by atoms with Crippen molar-refractivity contribution in [2.75, 3.05) is 0 Å². The molecule has 74 valence electrons. The second-order valence-corrected chi connectivity index (χ2v) is 3.22. The number of hydrogen-bond acceptors (Lipinski definition) is 3. The van der Waals surface area contributed by atoms with Crippen LogP contribution in [0.4, 0.5) is 0 Å². The fourth-order valence-electron chi connectivity index (χ4n) is 1.39. The lowest BCUT2D eigenvalue weighted by Crippen LogP contribution is -2.08. The van der Waals surface area contributed by atoms with Crippen molar-refractivity contribution in [2.24, 2.45) is 0 Å². The van der Waals surface area contributed by atoms with Gasteiger partial charge in [-0.15, -0.1) is 0 Å². The number of aromatic nitrogens is 1. The Bertz CT molecular complexity index is 511. The van der Waals surface area contributed by atoms with Gasteiger partial charge in [0.25, 0.3) is 0 Å². The van der Waals surface area contributed by atoms with Crippen LogP contribution in [0.5, 0.6) is 5.75 Å². The van der Waals surface area contributed by atoms with Crippen LogP contribution in [-0.2, 0) is 0 Å². The molecular formula is C12H10N2O. The van der Waals surface area contributed by atoms with Crippen LogP contribution in [0.15, 0.2) is 36.5 Å². The molecule has 0 aliphatic carbocycles. The molecule has 0 fully saturated rings. The van der Waals surface area contributed by atoms with E-state index in [4.69, 9.17) is 10.00 Å². The Hall–Kier alpha value is -2.08. The number of ether oxygens (including phenoxy) is 1. The molecule has 0 spiro atoms. The lowest BCUT2D eigenvalue weighted by atomic mass is 10.2. The standard InChI is InChI=1S/C12H10N2O/c1-9(8-13)15-11-6-2-4-10-5-3-7-14-12(10)11/h2-7,9H,1H3. The second kappa shape index (κ2) is 3.97. The van der Waals surface area contributed by atoms with E-state index in [9.17, 15) is 0 Å². The summed E-state index contributed by atoms with van der Waals surface area (Å²) >= 11 is 0. The van der Waals surface area contributed by atoms with Crippen LogP contribution in [-0.4, -0.2) is 11.1 Å². The molecule has 3 nitrogen and oxygen atoms in total. The van der Waals surface area contributed by atoms with E-state index in [1.54, 1.807) is 13.1 Å². The van der Waals surface area contributed by atoms with Crippen molar-refractivity contribution in [3.63, 3.8) is 0 Å². The molecular weight excluding hydrogens is 188 g/mol. The minimum absolute atomic E-state index is 0.461. The molecule has 1 aromatic carbocycles. The Morgan fingerprint density at radius 1 is 1.33 bits per heavy atom. The Morgan fingerprint density at radius 3 is 2.93 bits per heavy atom. The maximum Gasteiger partial charge on any atom is 0.181 e. The van der Waals surface area contributed by atoms with Gasteiger partial charge < -0.3 is 4.74 Å². The van der Waals surface area contributed by atoms with E-state index < -0.39 is 6.10 Å². The van der Waals surface area contributed by atoms with Crippen LogP contribution in [0.25, 0.3) is 10.9 Å². The number of nitrogens with zero attached hydrogens (tertiary/aromatic N) is 2. The summed E-state index contributed by atoms with van der Waals surface area (Å²) < 4.78 is 5.45. The van der Waals surface area contributed by atoms with Crippen LogP contribution >= 0.6 is 0 Å². The molecule has 0 amide bonds. The highest BCUT2D eigenvalue weighted by molar-refractivity contribution is 5.84. The lowest BCUT2D eigenvalue weighted by molar-refractivity contribution is 0.279. The highest BCUT2D eigenvalue weighted by Crippen LogP contribution is 2.23. The van der Waals surface area contributed by atoms with Gasteiger partial charge in [0.1, 0.15) is 17.3 Å². The highest BCUT2D eigenvalue weighted by Gasteiger charge is 2.06. The van der Waals surface area contributed by atoms with E-state index in [-0.39, 0.29) is 0 Å². The summed E-state index contributed by atoms with van der Waals surface area (Å²) in [5.74, 6) is 0.655. The fraction of sp³-hybridized carbons (Fsp3) is 0.167. The SMILES string of the molecule is CC(C#N)Oc1cccc2cccnc12. The van der Waals surface area contributed by atoms with Crippen molar-refractivity contribution in [2.45, 2.75) is 13.0 Å². The van der Waals surface area contributed by atoms with Crippen LogP contribution in [0.1, 0.15) is 6.92 Å². The average molecular weight is 198 g/mol. The van der Waals surface area contributed by atoms with Gasteiger partial charge in [-0.05, 0) is 19.1 Å². The summed E-state index contributed by atoms with van der Waals surface area (Å²) in [7, 11) is 0. The first-order valence-electron chi connectivity index (χ1n) is 4.71. The molecule has 0 saturated carbocycles. The molecule has 2 aromatic rings. The Balaban J connectivity index is 2.48. The molecule has 1 aromatic heterocycles. The van der Waals surface area contributed by atoms with E-state index in [2.05, 4.69) is 4.98 Å². The van der Waals surface area contributed by atoms with Gasteiger partial charge in [-0.25, -0.2) is 0 Å². The Morgan fingerprint density at radius 2 is 2.13 bits per heavy atom. The first-order chi connectivity index (χ1) is 7.31. The zero-order chi connectivity index (χ0) is 10.7. The number of nitriles is 1. The fourth-order valence-corrected chi connectivity index (χ4v) is 1.39. The van der Waals surface area contributed by atoms with Crippen LogP contribution in [0, 0.1) is 11.3 Å². The zero-order valence-electron chi connectivity index (χ0n) is 8.34. The third-order valence-electron chi connectivity index (χ3n) is 2.08. The molecule has 15 heavy (non-hydrogen) atoms. The predicted octanol–water partition coefficient (Wildman–Crippen LogP) is 2.53. The van der Waals surface area contributed by atoms with Gasteiger partial charge in [0.05, 0.1) is 0 Å². The minimum atomic E-state index is -0.461. The molecule has 0 N–H and O–H groups in total. The van der Waals surface area contributed by atoms with Gasteiger partial charge in [-0.2, -0.15) is 5.26 Å². The van der Waals surface area contributed by atoms with E-state index in [0.29, 0.717) is 5.75 Å². The summed E-state index contributed by atoms with van der Waals surface area (Å²) in [6, 6.07) is 11.5. The molecule has 2 rings (SSSR count). The number of fused-ring (bicyclic) bond motifs is 1. The van der Waals surface area contributed by atoms with Gasteiger partial charge in [-0.3, -0.25) is 4.98 Å². The molecule has 0 aliphatic heterocycles. The molecule has 1 heterocycles. The molecule has 0 radical (unpaired) electrons. The van der Waals surface area contributed by atoms with Crippen LogP contribution in [0.2, 0.25) is 0 Å². The topological polar surface area (TPSA) is 45.9 Å². The quantitative estimate of drug-likeness (QED) is 0.744. The largest absolute Gasteiger partial charge is 0.474 e. The lowest BCUT2D eigenvalue weighted by Gasteiger charge is -2.09.